The fourth-order valence-electron chi connectivity index (χ4n) is 1.61. The molecule has 5 heteroatoms. The van der Waals surface area contributed by atoms with Crippen LogP contribution in [0, 0.1) is 0 Å². The van der Waals surface area contributed by atoms with Gasteiger partial charge in [-0.2, -0.15) is 0 Å². The zero-order chi connectivity index (χ0) is 13.7. The number of phenols is 1. The summed E-state index contributed by atoms with van der Waals surface area (Å²) in [7, 11) is 1.21. The van der Waals surface area contributed by atoms with Crippen molar-refractivity contribution in [2.24, 2.45) is 0 Å². The lowest BCUT2D eigenvalue weighted by molar-refractivity contribution is 0.0500. The van der Waals surface area contributed by atoms with Crippen LogP contribution in [-0.4, -0.2) is 30.8 Å². The first-order chi connectivity index (χ1) is 8.56. The number of phenolic OH excluding ortho intramolecular Hbond substituents is 1. The summed E-state index contributed by atoms with van der Waals surface area (Å²) < 4.78 is 9.41. The van der Waals surface area contributed by atoms with E-state index in [0.717, 1.165) is 0 Å². The first-order valence-electron chi connectivity index (χ1n) is 5.67. The highest BCUT2D eigenvalue weighted by Crippen LogP contribution is 2.28. The van der Waals surface area contributed by atoms with Crippen molar-refractivity contribution < 1.29 is 24.2 Å². The van der Waals surface area contributed by atoms with Crippen molar-refractivity contribution in [2.75, 3.05) is 13.7 Å². The van der Waals surface area contributed by atoms with Crippen molar-refractivity contribution >= 4 is 11.9 Å². The molecular formula is C13H16O5. The Hall–Kier alpha value is -2.04. The average molecular weight is 252 g/mol. The van der Waals surface area contributed by atoms with Gasteiger partial charge in [0.25, 0.3) is 0 Å². The second-order valence-electron chi connectivity index (χ2n) is 3.56. The largest absolute Gasteiger partial charge is 0.507 e. The zero-order valence-corrected chi connectivity index (χ0v) is 10.6. The van der Waals surface area contributed by atoms with E-state index in [1.54, 1.807) is 13.0 Å². The Morgan fingerprint density at radius 1 is 1.22 bits per heavy atom. The first kappa shape index (κ1) is 14.0. The van der Waals surface area contributed by atoms with Gasteiger partial charge in [0.15, 0.2) is 0 Å². The maximum Gasteiger partial charge on any atom is 0.342 e. The Balaban J connectivity index is 3.39. The Morgan fingerprint density at radius 3 is 2.39 bits per heavy atom. The standard InChI is InChI=1S/C13H16O5/c1-4-8-6-7-9(12(15)17-3)10(11(8)14)13(16)18-5-2/h6-7,14H,4-5H2,1-3H3. The number of esters is 2. The van der Waals surface area contributed by atoms with E-state index in [0.29, 0.717) is 12.0 Å². The van der Waals surface area contributed by atoms with Crippen LogP contribution in [0.4, 0.5) is 0 Å². The number of hydrogen-bond donors (Lipinski definition) is 1. The van der Waals surface area contributed by atoms with Gasteiger partial charge in [0.1, 0.15) is 11.3 Å². The van der Waals surface area contributed by atoms with Crippen molar-refractivity contribution in [3.05, 3.63) is 28.8 Å². The molecule has 98 valence electrons. The molecule has 1 N–H and O–H groups in total. The Bertz CT molecular complexity index is 465. The molecule has 0 aliphatic rings. The minimum atomic E-state index is -0.731. The van der Waals surface area contributed by atoms with Gasteiger partial charge in [-0.05, 0) is 25.0 Å². The van der Waals surface area contributed by atoms with Gasteiger partial charge < -0.3 is 14.6 Å². The highest BCUT2D eigenvalue weighted by molar-refractivity contribution is 6.05. The van der Waals surface area contributed by atoms with Crippen molar-refractivity contribution in [1.82, 2.24) is 0 Å². The highest BCUT2D eigenvalue weighted by atomic mass is 16.5. The van der Waals surface area contributed by atoms with Gasteiger partial charge in [0, 0.05) is 0 Å². The third-order valence-electron chi connectivity index (χ3n) is 2.53. The summed E-state index contributed by atoms with van der Waals surface area (Å²) in [6.45, 7) is 3.65. The van der Waals surface area contributed by atoms with E-state index >= 15 is 0 Å². The number of aromatic hydroxyl groups is 1. The predicted octanol–water partition coefficient (Wildman–Crippen LogP) is 1.92. The summed E-state index contributed by atoms with van der Waals surface area (Å²) in [5.41, 5.74) is 0.444. The molecule has 18 heavy (non-hydrogen) atoms. The molecule has 1 aromatic rings. The Kier molecular flexibility index (Phi) is 4.71. The van der Waals surface area contributed by atoms with Gasteiger partial charge >= 0.3 is 11.9 Å². The van der Waals surface area contributed by atoms with E-state index in [1.807, 2.05) is 6.92 Å². The molecule has 0 aliphatic carbocycles. The van der Waals surface area contributed by atoms with Crippen LogP contribution in [-0.2, 0) is 15.9 Å². The monoisotopic (exact) mass is 252 g/mol. The van der Waals surface area contributed by atoms with Gasteiger partial charge in [-0.25, -0.2) is 9.59 Å². The van der Waals surface area contributed by atoms with Gasteiger partial charge in [-0.15, -0.1) is 0 Å². The molecule has 0 aliphatic heterocycles. The number of benzene rings is 1. The van der Waals surface area contributed by atoms with Crippen molar-refractivity contribution in [1.29, 1.82) is 0 Å². The highest BCUT2D eigenvalue weighted by Gasteiger charge is 2.24. The molecule has 1 rings (SSSR count). The van der Waals surface area contributed by atoms with Gasteiger partial charge in [-0.1, -0.05) is 13.0 Å². The molecule has 5 nitrogen and oxygen atoms in total. The zero-order valence-electron chi connectivity index (χ0n) is 10.6. The third kappa shape index (κ3) is 2.61. The van der Waals surface area contributed by atoms with Crippen molar-refractivity contribution in [3.63, 3.8) is 0 Å². The average Bonchev–Trinajstić information content (AvgIpc) is 2.37. The number of ether oxygens (including phenoxy) is 2. The smallest absolute Gasteiger partial charge is 0.342 e. The lowest BCUT2D eigenvalue weighted by Gasteiger charge is -2.11. The molecule has 0 atom stereocenters. The number of rotatable bonds is 4. The molecule has 0 heterocycles. The van der Waals surface area contributed by atoms with E-state index < -0.39 is 11.9 Å². The molecule has 0 bridgehead atoms. The maximum absolute atomic E-state index is 11.8. The van der Waals surface area contributed by atoms with Gasteiger partial charge in [0.05, 0.1) is 19.3 Å². The van der Waals surface area contributed by atoms with E-state index in [4.69, 9.17) is 4.74 Å². The van der Waals surface area contributed by atoms with Crippen molar-refractivity contribution in [2.45, 2.75) is 20.3 Å². The molecule has 0 radical (unpaired) electrons. The van der Waals surface area contributed by atoms with Crippen LogP contribution in [0.3, 0.4) is 0 Å². The van der Waals surface area contributed by atoms with E-state index in [1.165, 1.54) is 13.2 Å². The van der Waals surface area contributed by atoms with Crippen LogP contribution in [0.2, 0.25) is 0 Å². The Labute approximate surface area is 105 Å². The molecule has 0 saturated carbocycles. The summed E-state index contributed by atoms with van der Waals surface area (Å²) in [6, 6.07) is 3.04. The molecule has 0 aromatic heterocycles. The predicted molar refractivity (Wildman–Crippen MR) is 64.8 cm³/mol. The summed E-state index contributed by atoms with van der Waals surface area (Å²) in [5.74, 6) is -1.64. The van der Waals surface area contributed by atoms with E-state index in [9.17, 15) is 14.7 Å². The minimum Gasteiger partial charge on any atom is -0.507 e. The molecule has 0 spiro atoms. The first-order valence-corrected chi connectivity index (χ1v) is 5.67. The second-order valence-corrected chi connectivity index (χ2v) is 3.56. The maximum atomic E-state index is 11.8. The topological polar surface area (TPSA) is 72.8 Å². The number of carbonyl (C=O) groups is 2. The minimum absolute atomic E-state index is 0.00523. The fraction of sp³-hybridized carbons (Fsp3) is 0.385. The number of hydrogen-bond acceptors (Lipinski definition) is 5. The molecule has 0 amide bonds. The Morgan fingerprint density at radius 2 is 1.89 bits per heavy atom. The molecule has 0 saturated heterocycles. The number of methoxy groups -OCH3 is 1. The lowest BCUT2D eigenvalue weighted by atomic mass is 10.0. The summed E-state index contributed by atoms with van der Waals surface area (Å²) in [5, 5.41) is 10.0. The van der Waals surface area contributed by atoms with Crippen LogP contribution in [0.5, 0.6) is 5.75 Å². The summed E-state index contributed by atoms with van der Waals surface area (Å²) in [4.78, 5) is 23.3. The quantitative estimate of drug-likeness (QED) is 0.829. The summed E-state index contributed by atoms with van der Waals surface area (Å²) >= 11 is 0. The van der Waals surface area contributed by atoms with Gasteiger partial charge in [-0.3, -0.25) is 0 Å². The van der Waals surface area contributed by atoms with Crippen LogP contribution >= 0.6 is 0 Å². The normalized spacial score (nSPS) is 9.94. The van der Waals surface area contributed by atoms with Gasteiger partial charge in [0.2, 0.25) is 0 Å². The SMILES string of the molecule is CCOC(=O)c1c(C(=O)OC)ccc(CC)c1O. The van der Waals surface area contributed by atoms with Crippen molar-refractivity contribution in [3.8, 4) is 5.75 Å². The van der Waals surface area contributed by atoms with Crippen LogP contribution in [0.1, 0.15) is 40.1 Å². The molecule has 1 aromatic carbocycles. The van der Waals surface area contributed by atoms with E-state index in [-0.39, 0.29) is 23.5 Å². The van der Waals surface area contributed by atoms with Crippen LogP contribution in [0.25, 0.3) is 0 Å². The lowest BCUT2D eigenvalue weighted by Crippen LogP contribution is -2.14. The fourth-order valence-corrected chi connectivity index (χ4v) is 1.61. The van der Waals surface area contributed by atoms with E-state index in [2.05, 4.69) is 4.74 Å². The second kappa shape index (κ2) is 6.05. The van der Waals surface area contributed by atoms with Crippen LogP contribution < -0.4 is 0 Å². The number of carbonyl (C=O) groups excluding carboxylic acids is 2. The number of aryl methyl sites for hydroxylation is 1. The third-order valence-corrected chi connectivity index (χ3v) is 2.53. The molecular weight excluding hydrogens is 236 g/mol. The molecule has 0 unspecified atom stereocenters. The molecule has 0 fully saturated rings. The van der Waals surface area contributed by atoms with Crippen LogP contribution in [0.15, 0.2) is 12.1 Å². The summed E-state index contributed by atoms with van der Waals surface area (Å²) in [6.07, 6.45) is 0.541.